The van der Waals surface area contributed by atoms with Crippen molar-refractivity contribution >= 4 is 16.9 Å². The van der Waals surface area contributed by atoms with Crippen molar-refractivity contribution in [3.63, 3.8) is 0 Å². The number of hydrogen-bond donors (Lipinski definition) is 2. The van der Waals surface area contributed by atoms with Gasteiger partial charge < -0.3 is 10.1 Å². The van der Waals surface area contributed by atoms with Crippen LogP contribution >= 0.6 is 0 Å². The highest BCUT2D eigenvalue weighted by Crippen LogP contribution is 2.30. The first kappa shape index (κ1) is 17.7. The summed E-state index contributed by atoms with van der Waals surface area (Å²) in [5.74, 6) is -1.21. The van der Waals surface area contributed by atoms with Gasteiger partial charge in [0.2, 0.25) is 0 Å². The third-order valence-corrected chi connectivity index (χ3v) is 5.23. The van der Waals surface area contributed by atoms with Gasteiger partial charge in [-0.25, -0.2) is 4.39 Å². The zero-order valence-corrected chi connectivity index (χ0v) is 14.9. The fourth-order valence-electron chi connectivity index (χ4n) is 3.85. The van der Waals surface area contributed by atoms with Gasteiger partial charge in [0.15, 0.2) is 0 Å². The Hall–Kier alpha value is -2.70. The molecule has 27 heavy (non-hydrogen) atoms. The van der Waals surface area contributed by atoms with E-state index in [0.717, 1.165) is 25.0 Å². The molecule has 0 saturated carbocycles. The lowest BCUT2D eigenvalue weighted by molar-refractivity contribution is -0.144. The molecule has 1 fully saturated rings. The van der Waals surface area contributed by atoms with E-state index in [1.54, 1.807) is 12.3 Å². The maximum Gasteiger partial charge on any atom is 0.325 e. The Balaban J connectivity index is 1.49. The lowest BCUT2D eigenvalue weighted by Crippen LogP contribution is -2.48. The molecule has 5 nitrogen and oxygen atoms in total. The summed E-state index contributed by atoms with van der Waals surface area (Å²) in [6.07, 6.45) is 1.69. The molecule has 4 rings (SSSR count). The van der Waals surface area contributed by atoms with Crippen LogP contribution in [0.3, 0.4) is 0 Å². The summed E-state index contributed by atoms with van der Waals surface area (Å²) in [5, 5.41) is 10.6. The van der Waals surface area contributed by atoms with Gasteiger partial charge in [-0.2, -0.15) is 0 Å². The Morgan fingerprint density at radius 1 is 1.11 bits per heavy atom. The minimum atomic E-state index is -0.878. The van der Waals surface area contributed by atoms with E-state index in [2.05, 4.69) is 22.0 Å². The van der Waals surface area contributed by atoms with Crippen molar-refractivity contribution in [1.82, 2.24) is 14.8 Å². The Morgan fingerprint density at radius 2 is 1.85 bits per heavy atom. The van der Waals surface area contributed by atoms with E-state index in [1.165, 1.54) is 17.7 Å². The number of carbonyl (C=O) groups is 1. The minimum absolute atomic E-state index is 0.336. The molecule has 3 aromatic rings. The molecule has 2 aromatic carbocycles. The number of aromatic amines is 1. The summed E-state index contributed by atoms with van der Waals surface area (Å²) in [6.45, 7) is 3.86. The van der Waals surface area contributed by atoms with Crippen LogP contribution in [-0.4, -0.2) is 52.0 Å². The topological polar surface area (TPSA) is 59.6 Å². The lowest BCUT2D eigenvalue weighted by atomic mass is 10.0. The van der Waals surface area contributed by atoms with Gasteiger partial charge in [0.25, 0.3) is 0 Å². The van der Waals surface area contributed by atoms with E-state index in [9.17, 15) is 14.3 Å². The number of aromatic nitrogens is 1. The Kier molecular flexibility index (Phi) is 4.92. The summed E-state index contributed by atoms with van der Waals surface area (Å²) in [4.78, 5) is 19.4. The number of carboxylic acids is 1. The first-order valence-electron chi connectivity index (χ1n) is 9.11. The number of piperazine rings is 1. The molecular formula is C21H22FN3O2. The van der Waals surface area contributed by atoms with E-state index in [-0.39, 0.29) is 5.82 Å². The van der Waals surface area contributed by atoms with Crippen molar-refractivity contribution in [2.24, 2.45) is 0 Å². The highest BCUT2D eigenvalue weighted by Gasteiger charge is 2.32. The number of hydrogen-bond acceptors (Lipinski definition) is 3. The van der Waals surface area contributed by atoms with Crippen molar-refractivity contribution in [3.8, 4) is 0 Å². The van der Waals surface area contributed by atoms with Gasteiger partial charge in [0.1, 0.15) is 11.9 Å². The summed E-state index contributed by atoms with van der Waals surface area (Å²) in [7, 11) is 0. The second-order valence-corrected chi connectivity index (χ2v) is 6.97. The minimum Gasteiger partial charge on any atom is -0.480 e. The number of carboxylic acid groups (broad SMARTS) is 1. The SMILES string of the molecule is O=C(O)C(c1c[nH]c2cc(F)ccc12)N1CCN(Cc2ccccc2)CC1. The second-order valence-electron chi connectivity index (χ2n) is 6.97. The van der Waals surface area contributed by atoms with Crippen LogP contribution < -0.4 is 0 Å². The number of nitrogens with zero attached hydrogens (tertiary/aromatic N) is 2. The van der Waals surface area contributed by atoms with Crippen molar-refractivity contribution < 1.29 is 14.3 Å². The molecule has 2 heterocycles. The molecule has 0 aliphatic carbocycles. The van der Waals surface area contributed by atoms with Crippen LogP contribution in [0.4, 0.5) is 4.39 Å². The number of rotatable bonds is 5. The maximum absolute atomic E-state index is 13.4. The third-order valence-electron chi connectivity index (χ3n) is 5.23. The van der Waals surface area contributed by atoms with Crippen molar-refractivity contribution in [2.45, 2.75) is 12.6 Å². The van der Waals surface area contributed by atoms with Crippen LogP contribution in [0.1, 0.15) is 17.2 Å². The Bertz CT molecular complexity index is 933. The van der Waals surface area contributed by atoms with Gasteiger partial charge in [-0.3, -0.25) is 14.6 Å². The van der Waals surface area contributed by atoms with Gasteiger partial charge in [-0.1, -0.05) is 30.3 Å². The van der Waals surface area contributed by atoms with Gasteiger partial charge in [-0.05, 0) is 23.8 Å². The number of aliphatic carboxylic acids is 1. The van der Waals surface area contributed by atoms with Crippen LogP contribution in [0.5, 0.6) is 0 Å². The molecule has 1 aliphatic heterocycles. The van der Waals surface area contributed by atoms with E-state index < -0.39 is 12.0 Å². The van der Waals surface area contributed by atoms with Gasteiger partial charge in [0.05, 0.1) is 0 Å². The Labute approximate surface area is 157 Å². The predicted octanol–water partition coefficient (Wildman–Crippen LogP) is 3.25. The number of halogens is 1. The molecule has 1 aromatic heterocycles. The fraction of sp³-hybridized carbons (Fsp3) is 0.286. The monoisotopic (exact) mass is 367 g/mol. The fourth-order valence-corrected chi connectivity index (χ4v) is 3.85. The molecule has 1 aliphatic rings. The van der Waals surface area contributed by atoms with Crippen molar-refractivity contribution in [2.75, 3.05) is 26.2 Å². The average Bonchev–Trinajstić information content (AvgIpc) is 3.06. The maximum atomic E-state index is 13.4. The molecule has 0 bridgehead atoms. The van der Waals surface area contributed by atoms with E-state index in [4.69, 9.17) is 0 Å². The second kappa shape index (κ2) is 7.50. The molecular weight excluding hydrogens is 345 g/mol. The molecule has 0 amide bonds. The largest absolute Gasteiger partial charge is 0.480 e. The predicted molar refractivity (Wildman–Crippen MR) is 102 cm³/mol. The molecule has 1 unspecified atom stereocenters. The van der Waals surface area contributed by atoms with Crippen LogP contribution in [0.2, 0.25) is 0 Å². The average molecular weight is 367 g/mol. The number of benzene rings is 2. The van der Waals surface area contributed by atoms with E-state index >= 15 is 0 Å². The molecule has 0 spiro atoms. The quantitative estimate of drug-likeness (QED) is 0.727. The van der Waals surface area contributed by atoms with Gasteiger partial charge in [0, 0.05) is 55.4 Å². The van der Waals surface area contributed by atoms with Crippen molar-refractivity contribution in [1.29, 1.82) is 0 Å². The molecule has 140 valence electrons. The molecule has 2 N–H and O–H groups in total. The normalized spacial score (nSPS) is 17.2. The van der Waals surface area contributed by atoms with E-state index in [1.807, 2.05) is 23.1 Å². The number of nitrogens with one attached hydrogen (secondary N) is 1. The van der Waals surface area contributed by atoms with Gasteiger partial charge >= 0.3 is 5.97 Å². The number of fused-ring (bicyclic) bond motifs is 1. The third kappa shape index (κ3) is 3.72. The summed E-state index contributed by atoms with van der Waals surface area (Å²) < 4.78 is 13.4. The first-order chi connectivity index (χ1) is 13.1. The lowest BCUT2D eigenvalue weighted by Gasteiger charge is -2.37. The zero-order chi connectivity index (χ0) is 18.8. The van der Waals surface area contributed by atoms with Crippen LogP contribution in [0.25, 0.3) is 10.9 Å². The molecule has 0 radical (unpaired) electrons. The van der Waals surface area contributed by atoms with Crippen LogP contribution in [0.15, 0.2) is 54.7 Å². The summed E-state index contributed by atoms with van der Waals surface area (Å²) >= 11 is 0. The zero-order valence-electron chi connectivity index (χ0n) is 14.9. The summed E-state index contributed by atoms with van der Waals surface area (Å²) in [6, 6.07) is 14.0. The van der Waals surface area contributed by atoms with Crippen LogP contribution in [0, 0.1) is 5.82 Å². The molecule has 1 saturated heterocycles. The number of H-pyrrole nitrogens is 1. The molecule has 6 heteroatoms. The summed E-state index contributed by atoms with van der Waals surface area (Å²) in [5.41, 5.74) is 2.58. The highest BCUT2D eigenvalue weighted by atomic mass is 19.1. The Morgan fingerprint density at radius 3 is 2.56 bits per heavy atom. The highest BCUT2D eigenvalue weighted by molar-refractivity contribution is 5.89. The van der Waals surface area contributed by atoms with Crippen LogP contribution in [-0.2, 0) is 11.3 Å². The van der Waals surface area contributed by atoms with E-state index in [0.29, 0.717) is 24.2 Å². The smallest absolute Gasteiger partial charge is 0.325 e. The molecule has 1 atom stereocenters. The standard InChI is InChI=1S/C21H22FN3O2/c22-16-6-7-17-18(13-23-19(17)12-16)20(21(26)27)25-10-8-24(9-11-25)14-15-4-2-1-3-5-15/h1-7,12-13,20,23H,8-11,14H2,(H,26,27). The first-order valence-corrected chi connectivity index (χ1v) is 9.11. The van der Waals surface area contributed by atoms with Gasteiger partial charge in [-0.15, -0.1) is 0 Å². The van der Waals surface area contributed by atoms with Crippen molar-refractivity contribution in [3.05, 3.63) is 71.7 Å².